The summed E-state index contributed by atoms with van der Waals surface area (Å²) >= 11 is 3.65. The van der Waals surface area contributed by atoms with Crippen molar-refractivity contribution in [2.24, 2.45) is 0 Å². The zero-order chi connectivity index (χ0) is 23.0. The molecule has 0 aromatic heterocycles. The van der Waals surface area contributed by atoms with Gasteiger partial charge in [0, 0.05) is 5.39 Å². The number of fused-ring (bicyclic) bond motifs is 1. The van der Waals surface area contributed by atoms with Gasteiger partial charge in [-0.05, 0) is 94.5 Å². The van der Waals surface area contributed by atoms with Gasteiger partial charge in [0.15, 0.2) is 0 Å². The third-order valence-corrected chi connectivity index (χ3v) is 8.50. The molecule has 0 aliphatic carbocycles. The molecule has 0 spiro atoms. The summed E-state index contributed by atoms with van der Waals surface area (Å²) in [7, 11) is -2.81. The van der Waals surface area contributed by atoms with E-state index in [1.54, 1.807) is 21.0 Å². The fourth-order valence-corrected chi connectivity index (χ4v) is 5.86. The minimum absolute atomic E-state index is 0.215. The molecule has 0 fully saturated rings. The van der Waals surface area contributed by atoms with E-state index in [1.165, 1.54) is 0 Å². The molecule has 0 saturated carbocycles. The van der Waals surface area contributed by atoms with Crippen molar-refractivity contribution in [2.45, 2.75) is 45.9 Å². The first-order valence-corrected chi connectivity index (χ1v) is 12.6. The SMILES string of the molecule is CCC(CC)(Oc1cc(C)c(-c2cccc3c(Br)c(OC)ccc23)c(C)c1)P(=O)(O)O. The first-order valence-electron chi connectivity index (χ1n) is 10.2. The van der Waals surface area contributed by atoms with E-state index >= 15 is 0 Å². The molecule has 0 aliphatic heterocycles. The quantitative estimate of drug-likeness (QED) is 0.338. The lowest BCUT2D eigenvalue weighted by Gasteiger charge is -2.33. The number of methoxy groups -OCH3 is 1. The van der Waals surface area contributed by atoms with E-state index in [-0.39, 0.29) is 12.8 Å². The van der Waals surface area contributed by atoms with E-state index in [9.17, 15) is 14.4 Å². The fourth-order valence-electron chi connectivity index (χ4n) is 4.17. The normalized spacial score (nSPS) is 12.3. The summed E-state index contributed by atoms with van der Waals surface area (Å²) in [6.07, 6.45) is 0.430. The maximum absolute atomic E-state index is 12.2. The van der Waals surface area contributed by atoms with Crippen molar-refractivity contribution in [3.63, 3.8) is 0 Å². The molecule has 0 bridgehead atoms. The van der Waals surface area contributed by atoms with Crippen LogP contribution < -0.4 is 9.47 Å². The van der Waals surface area contributed by atoms with Crippen LogP contribution >= 0.6 is 23.5 Å². The van der Waals surface area contributed by atoms with E-state index in [0.29, 0.717) is 5.75 Å². The fraction of sp³-hybridized carbons (Fsp3) is 0.333. The van der Waals surface area contributed by atoms with Crippen LogP contribution in [0.15, 0.2) is 46.9 Å². The standard InChI is InChI=1S/C24H28BrO5P/c1-6-24(7-2,31(26,27)28)30-17-13-15(3)22(16(4)14-17)19-9-8-10-20-18(19)11-12-21(29-5)23(20)25/h8-14H,6-7H2,1-5H3,(H2,26,27,28). The smallest absolute Gasteiger partial charge is 0.368 e. The van der Waals surface area contributed by atoms with Crippen LogP contribution in [0, 0.1) is 13.8 Å². The molecular weight excluding hydrogens is 479 g/mol. The van der Waals surface area contributed by atoms with Gasteiger partial charge in [-0.15, -0.1) is 0 Å². The van der Waals surface area contributed by atoms with Crippen molar-refractivity contribution in [2.75, 3.05) is 7.11 Å². The van der Waals surface area contributed by atoms with Crippen molar-refractivity contribution in [1.82, 2.24) is 0 Å². The van der Waals surface area contributed by atoms with Gasteiger partial charge in [0.25, 0.3) is 0 Å². The van der Waals surface area contributed by atoms with Crippen LogP contribution in [0.25, 0.3) is 21.9 Å². The molecule has 166 valence electrons. The summed E-state index contributed by atoms with van der Waals surface area (Å²) in [5.41, 5.74) is 4.10. The molecule has 0 amide bonds. The van der Waals surface area contributed by atoms with E-state index in [1.807, 2.05) is 50.2 Å². The first-order chi connectivity index (χ1) is 14.6. The third kappa shape index (κ3) is 4.27. The van der Waals surface area contributed by atoms with Gasteiger partial charge in [0.05, 0.1) is 11.6 Å². The number of hydrogen-bond acceptors (Lipinski definition) is 3. The van der Waals surface area contributed by atoms with Crippen molar-refractivity contribution in [3.05, 3.63) is 58.1 Å². The molecular formula is C24H28BrO5P. The molecule has 7 heteroatoms. The lowest BCUT2D eigenvalue weighted by Crippen LogP contribution is -2.34. The highest BCUT2D eigenvalue weighted by molar-refractivity contribution is 9.10. The van der Waals surface area contributed by atoms with Gasteiger partial charge in [0.1, 0.15) is 11.5 Å². The molecule has 0 heterocycles. The highest BCUT2D eigenvalue weighted by atomic mass is 79.9. The van der Waals surface area contributed by atoms with E-state index in [2.05, 4.69) is 22.0 Å². The molecule has 2 N–H and O–H groups in total. The minimum atomic E-state index is -4.46. The lowest BCUT2D eigenvalue weighted by atomic mass is 9.91. The van der Waals surface area contributed by atoms with Crippen molar-refractivity contribution in [3.8, 4) is 22.6 Å². The Morgan fingerprint density at radius 1 is 1.00 bits per heavy atom. The maximum atomic E-state index is 12.2. The van der Waals surface area contributed by atoms with Crippen LogP contribution in [0.5, 0.6) is 11.5 Å². The van der Waals surface area contributed by atoms with Crippen molar-refractivity contribution >= 4 is 34.3 Å². The summed E-state index contributed by atoms with van der Waals surface area (Å²) in [4.78, 5) is 19.8. The number of rotatable bonds is 7. The first kappa shape index (κ1) is 23.8. The second-order valence-electron chi connectivity index (χ2n) is 7.71. The number of benzene rings is 3. The molecule has 0 atom stereocenters. The summed E-state index contributed by atoms with van der Waals surface area (Å²) in [6.45, 7) is 7.45. The molecule has 3 aromatic carbocycles. The minimum Gasteiger partial charge on any atom is -0.496 e. The zero-order valence-electron chi connectivity index (χ0n) is 18.4. The van der Waals surface area contributed by atoms with Gasteiger partial charge >= 0.3 is 7.60 Å². The average Bonchev–Trinajstić information content (AvgIpc) is 2.71. The molecule has 3 aromatic rings. The topological polar surface area (TPSA) is 76.0 Å². The lowest BCUT2D eigenvalue weighted by molar-refractivity contribution is 0.108. The molecule has 5 nitrogen and oxygen atoms in total. The second-order valence-corrected chi connectivity index (χ2v) is 10.4. The zero-order valence-corrected chi connectivity index (χ0v) is 20.9. The number of ether oxygens (including phenoxy) is 2. The Hall–Kier alpha value is -1.85. The Bertz CT molecular complexity index is 1140. The van der Waals surface area contributed by atoms with Gasteiger partial charge in [-0.25, -0.2) is 0 Å². The highest BCUT2D eigenvalue weighted by Gasteiger charge is 2.46. The van der Waals surface area contributed by atoms with Crippen molar-refractivity contribution < 1.29 is 23.8 Å². The highest BCUT2D eigenvalue weighted by Crippen LogP contribution is 2.55. The Morgan fingerprint density at radius 2 is 1.61 bits per heavy atom. The van der Waals surface area contributed by atoms with Gasteiger partial charge in [-0.3, -0.25) is 4.57 Å². The predicted molar refractivity (Wildman–Crippen MR) is 129 cm³/mol. The Labute approximate surface area is 191 Å². The molecule has 3 rings (SSSR count). The molecule has 0 radical (unpaired) electrons. The van der Waals surface area contributed by atoms with Crippen LogP contribution in [-0.4, -0.2) is 22.2 Å². The van der Waals surface area contributed by atoms with Crippen molar-refractivity contribution in [1.29, 1.82) is 0 Å². The summed E-state index contributed by atoms with van der Waals surface area (Å²) in [6, 6.07) is 13.8. The number of halogens is 1. The molecule has 0 aliphatic rings. The Balaban J connectivity index is 2.14. The molecule has 0 saturated heterocycles. The largest absolute Gasteiger partial charge is 0.496 e. The Morgan fingerprint density at radius 3 is 2.13 bits per heavy atom. The van der Waals surface area contributed by atoms with Crippen LogP contribution in [0.4, 0.5) is 0 Å². The molecule has 0 unspecified atom stereocenters. The van der Waals surface area contributed by atoms with Gasteiger partial charge in [0.2, 0.25) is 5.34 Å². The van der Waals surface area contributed by atoms with E-state index in [4.69, 9.17) is 9.47 Å². The average molecular weight is 507 g/mol. The maximum Gasteiger partial charge on any atom is 0.368 e. The summed E-state index contributed by atoms with van der Waals surface area (Å²) < 4.78 is 24.5. The number of aryl methyl sites for hydroxylation is 2. The molecule has 31 heavy (non-hydrogen) atoms. The second kappa shape index (κ2) is 8.95. The number of hydrogen-bond donors (Lipinski definition) is 2. The predicted octanol–water partition coefficient (Wildman–Crippen LogP) is 6.97. The van der Waals surface area contributed by atoms with Gasteiger partial charge < -0.3 is 19.3 Å². The monoisotopic (exact) mass is 506 g/mol. The van der Waals surface area contributed by atoms with E-state index in [0.717, 1.165) is 43.2 Å². The van der Waals surface area contributed by atoms with Crippen LogP contribution in [0.3, 0.4) is 0 Å². The van der Waals surface area contributed by atoms with Crippen LogP contribution in [0.2, 0.25) is 0 Å². The van der Waals surface area contributed by atoms with Crippen LogP contribution in [0.1, 0.15) is 37.8 Å². The summed E-state index contributed by atoms with van der Waals surface area (Å²) in [5, 5.41) is 0.615. The Kier molecular flexibility index (Phi) is 6.87. The third-order valence-electron chi connectivity index (χ3n) is 5.90. The van der Waals surface area contributed by atoms with E-state index < -0.39 is 12.9 Å². The van der Waals surface area contributed by atoms with Gasteiger partial charge in [-0.1, -0.05) is 32.0 Å². The summed E-state index contributed by atoms with van der Waals surface area (Å²) in [5.74, 6) is 1.24. The van der Waals surface area contributed by atoms with Gasteiger partial charge in [-0.2, -0.15) is 0 Å². The van der Waals surface area contributed by atoms with Crippen LogP contribution in [-0.2, 0) is 4.57 Å².